The van der Waals surface area contributed by atoms with E-state index in [1.807, 2.05) is 4.90 Å². The van der Waals surface area contributed by atoms with Crippen LogP contribution >= 0.6 is 0 Å². The van der Waals surface area contributed by atoms with Gasteiger partial charge in [0.2, 0.25) is 5.91 Å². The minimum absolute atomic E-state index is 0.0231. The van der Waals surface area contributed by atoms with E-state index in [9.17, 15) is 4.79 Å². The van der Waals surface area contributed by atoms with Crippen LogP contribution in [-0.4, -0.2) is 60.1 Å². The topological polar surface area (TPSA) is 67.6 Å². The van der Waals surface area contributed by atoms with E-state index in [0.717, 1.165) is 32.4 Å². The monoisotopic (exact) mass is 237 g/mol. The highest BCUT2D eigenvalue weighted by Gasteiger charge is 2.47. The van der Waals surface area contributed by atoms with Crippen molar-refractivity contribution in [2.45, 2.75) is 19.3 Å². The first-order chi connectivity index (χ1) is 8.22. The van der Waals surface area contributed by atoms with Gasteiger partial charge in [0.25, 0.3) is 0 Å². The van der Waals surface area contributed by atoms with Gasteiger partial charge < -0.3 is 10.0 Å². The molecule has 1 saturated carbocycles. The van der Waals surface area contributed by atoms with Crippen molar-refractivity contribution in [1.82, 2.24) is 9.80 Å². The third kappa shape index (κ3) is 2.28. The Morgan fingerprint density at radius 3 is 2.35 bits per heavy atom. The van der Waals surface area contributed by atoms with Crippen molar-refractivity contribution >= 4 is 5.91 Å². The first-order valence-electron chi connectivity index (χ1n) is 6.26. The zero-order valence-electron chi connectivity index (χ0n) is 10.1. The molecule has 0 aromatic carbocycles. The molecule has 2 fully saturated rings. The highest BCUT2D eigenvalue weighted by Crippen LogP contribution is 2.41. The van der Waals surface area contributed by atoms with Gasteiger partial charge in [-0.25, -0.2) is 0 Å². The molecular weight excluding hydrogens is 218 g/mol. The number of piperazine rings is 1. The highest BCUT2D eigenvalue weighted by atomic mass is 16.3. The SMILES string of the molecule is N#CC1(C(=O)N2CCN(CCO)CC2)CCC1. The lowest BCUT2D eigenvalue weighted by molar-refractivity contribution is -0.144. The normalized spacial score (nSPS) is 23.9. The second-order valence-electron chi connectivity index (χ2n) is 4.90. The van der Waals surface area contributed by atoms with Crippen LogP contribution in [0.15, 0.2) is 0 Å². The van der Waals surface area contributed by atoms with Crippen LogP contribution in [0, 0.1) is 16.7 Å². The summed E-state index contributed by atoms with van der Waals surface area (Å²) in [7, 11) is 0. The van der Waals surface area contributed by atoms with Crippen molar-refractivity contribution in [3.8, 4) is 6.07 Å². The van der Waals surface area contributed by atoms with Crippen molar-refractivity contribution < 1.29 is 9.90 Å². The Balaban J connectivity index is 1.88. The van der Waals surface area contributed by atoms with Crippen LogP contribution in [0.25, 0.3) is 0 Å². The smallest absolute Gasteiger partial charge is 0.243 e. The number of carbonyl (C=O) groups is 1. The molecule has 0 unspecified atom stereocenters. The molecule has 0 radical (unpaired) electrons. The van der Waals surface area contributed by atoms with Crippen LogP contribution in [0.5, 0.6) is 0 Å². The molecule has 0 atom stereocenters. The molecule has 0 spiro atoms. The summed E-state index contributed by atoms with van der Waals surface area (Å²) in [6.45, 7) is 3.80. The summed E-state index contributed by atoms with van der Waals surface area (Å²) in [6, 6.07) is 2.20. The molecule has 5 nitrogen and oxygen atoms in total. The van der Waals surface area contributed by atoms with Gasteiger partial charge in [-0.15, -0.1) is 0 Å². The van der Waals surface area contributed by atoms with Gasteiger partial charge in [-0.1, -0.05) is 0 Å². The number of nitrogens with zero attached hydrogens (tertiary/aromatic N) is 3. The van der Waals surface area contributed by atoms with Gasteiger partial charge in [0, 0.05) is 32.7 Å². The summed E-state index contributed by atoms with van der Waals surface area (Å²) in [4.78, 5) is 16.2. The first kappa shape index (κ1) is 12.3. The average Bonchev–Trinajstić information content (AvgIpc) is 2.29. The number of aliphatic hydroxyl groups excluding tert-OH is 1. The van der Waals surface area contributed by atoms with Crippen LogP contribution in [-0.2, 0) is 4.79 Å². The molecule has 1 heterocycles. The molecule has 1 saturated heterocycles. The standard InChI is InChI=1S/C12H19N3O2/c13-10-12(2-1-3-12)11(17)15-6-4-14(5-7-15)8-9-16/h16H,1-9H2. The zero-order valence-corrected chi connectivity index (χ0v) is 10.1. The van der Waals surface area contributed by atoms with E-state index in [1.165, 1.54) is 0 Å². The molecule has 0 aromatic rings. The lowest BCUT2D eigenvalue weighted by Crippen LogP contribution is -2.54. The van der Waals surface area contributed by atoms with Gasteiger partial charge in [0.05, 0.1) is 12.7 Å². The Morgan fingerprint density at radius 2 is 1.94 bits per heavy atom. The molecule has 0 aromatic heterocycles. The second-order valence-corrected chi connectivity index (χ2v) is 4.90. The predicted molar refractivity (Wildman–Crippen MR) is 62.0 cm³/mol. The quantitative estimate of drug-likeness (QED) is 0.739. The van der Waals surface area contributed by atoms with Crippen LogP contribution < -0.4 is 0 Å². The van der Waals surface area contributed by atoms with Crippen molar-refractivity contribution in [2.24, 2.45) is 5.41 Å². The Labute approximate surface area is 102 Å². The molecule has 2 rings (SSSR count). The van der Waals surface area contributed by atoms with E-state index in [-0.39, 0.29) is 12.5 Å². The molecule has 0 bridgehead atoms. The van der Waals surface area contributed by atoms with E-state index in [1.54, 1.807) is 0 Å². The fourth-order valence-corrected chi connectivity index (χ4v) is 2.52. The Morgan fingerprint density at radius 1 is 1.29 bits per heavy atom. The van der Waals surface area contributed by atoms with Gasteiger partial charge in [0.15, 0.2) is 0 Å². The molecule has 94 valence electrons. The third-order valence-corrected chi connectivity index (χ3v) is 3.91. The number of carbonyl (C=O) groups excluding carboxylic acids is 1. The maximum Gasteiger partial charge on any atom is 0.243 e. The van der Waals surface area contributed by atoms with E-state index < -0.39 is 5.41 Å². The zero-order chi connectivity index (χ0) is 12.3. The van der Waals surface area contributed by atoms with Crippen LogP contribution in [0.3, 0.4) is 0 Å². The van der Waals surface area contributed by atoms with Crippen molar-refractivity contribution in [3.63, 3.8) is 0 Å². The third-order valence-electron chi connectivity index (χ3n) is 3.91. The Kier molecular flexibility index (Phi) is 3.65. The van der Waals surface area contributed by atoms with Crippen molar-refractivity contribution in [3.05, 3.63) is 0 Å². The highest BCUT2D eigenvalue weighted by molar-refractivity contribution is 5.86. The number of rotatable bonds is 3. The molecule has 17 heavy (non-hydrogen) atoms. The fraction of sp³-hybridized carbons (Fsp3) is 0.833. The molecule has 1 amide bonds. The number of hydrogen-bond donors (Lipinski definition) is 1. The molecule has 2 aliphatic rings. The van der Waals surface area contributed by atoms with E-state index in [4.69, 9.17) is 10.4 Å². The maximum absolute atomic E-state index is 12.2. The second kappa shape index (κ2) is 5.03. The van der Waals surface area contributed by atoms with Crippen LogP contribution in [0.1, 0.15) is 19.3 Å². The van der Waals surface area contributed by atoms with E-state index in [0.29, 0.717) is 19.6 Å². The minimum atomic E-state index is -0.709. The van der Waals surface area contributed by atoms with E-state index >= 15 is 0 Å². The summed E-state index contributed by atoms with van der Waals surface area (Å²) in [5.41, 5.74) is -0.709. The summed E-state index contributed by atoms with van der Waals surface area (Å²) >= 11 is 0. The largest absolute Gasteiger partial charge is 0.395 e. The van der Waals surface area contributed by atoms with Gasteiger partial charge in [-0.3, -0.25) is 9.69 Å². The lowest BCUT2D eigenvalue weighted by Gasteiger charge is -2.41. The average molecular weight is 237 g/mol. The van der Waals surface area contributed by atoms with Gasteiger partial charge in [-0.2, -0.15) is 5.26 Å². The molecular formula is C12H19N3O2. The van der Waals surface area contributed by atoms with Gasteiger partial charge >= 0.3 is 0 Å². The number of hydrogen-bond acceptors (Lipinski definition) is 4. The number of β-amino-alcohol motifs (C(OH)–C–C–N with tert-alkyl or cyclic N) is 1. The first-order valence-corrected chi connectivity index (χ1v) is 6.26. The molecule has 1 N–H and O–H groups in total. The predicted octanol–water partition coefficient (Wildman–Crippen LogP) is -0.183. The fourth-order valence-electron chi connectivity index (χ4n) is 2.52. The Bertz CT molecular complexity index is 325. The number of amides is 1. The maximum atomic E-state index is 12.2. The van der Waals surface area contributed by atoms with E-state index in [2.05, 4.69) is 11.0 Å². The summed E-state index contributed by atoms with van der Waals surface area (Å²) < 4.78 is 0. The summed E-state index contributed by atoms with van der Waals surface area (Å²) in [5, 5.41) is 18.0. The van der Waals surface area contributed by atoms with Crippen LogP contribution in [0.2, 0.25) is 0 Å². The van der Waals surface area contributed by atoms with Crippen molar-refractivity contribution in [2.75, 3.05) is 39.3 Å². The molecule has 5 heteroatoms. The minimum Gasteiger partial charge on any atom is -0.395 e. The summed E-state index contributed by atoms with van der Waals surface area (Å²) in [6.07, 6.45) is 2.43. The molecule has 1 aliphatic heterocycles. The van der Waals surface area contributed by atoms with Gasteiger partial charge in [-0.05, 0) is 19.3 Å². The Hall–Kier alpha value is -1.12. The lowest BCUT2D eigenvalue weighted by atomic mass is 9.69. The van der Waals surface area contributed by atoms with Gasteiger partial charge in [0.1, 0.15) is 5.41 Å². The molecule has 1 aliphatic carbocycles. The van der Waals surface area contributed by atoms with Crippen molar-refractivity contribution in [1.29, 1.82) is 5.26 Å². The number of nitriles is 1. The summed E-state index contributed by atoms with van der Waals surface area (Å²) in [5.74, 6) is 0.0231. The van der Waals surface area contributed by atoms with Crippen LogP contribution in [0.4, 0.5) is 0 Å². The number of aliphatic hydroxyl groups is 1.